The molecule has 1 aliphatic heterocycles. The van der Waals surface area contributed by atoms with Crippen molar-refractivity contribution >= 4 is 27.3 Å². The summed E-state index contributed by atoms with van der Waals surface area (Å²) >= 11 is 5.04. The number of thiazole rings is 1. The van der Waals surface area contributed by atoms with Gasteiger partial charge in [0, 0.05) is 31.6 Å². The molecular weight excluding hydrogens is 338 g/mol. The van der Waals surface area contributed by atoms with Crippen LogP contribution >= 0.6 is 27.3 Å². The van der Waals surface area contributed by atoms with Crippen molar-refractivity contribution in [3.05, 3.63) is 27.2 Å². The minimum absolute atomic E-state index is 0.0329. The van der Waals surface area contributed by atoms with Gasteiger partial charge in [0.1, 0.15) is 10.7 Å². The van der Waals surface area contributed by atoms with Crippen LogP contribution in [0.1, 0.15) is 18.9 Å². The molecule has 20 heavy (non-hydrogen) atoms. The first-order chi connectivity index (χ1) is 9.57. The molecule has 0 aliphatic carbocycles. The first-order valence-electron chi connectivity index (χ1n) is 6.75. The van der Waals surface area contributed by atoms with Crippen molar-refractivity contribution in [3.63, 3.8) is 0 Å². The van der Waals surface area contributed by atoms with Crippen LogP contribution in [0.2, 0.25) is 0 Å². The molecule has 6 heteroatoms. The van der Waals surface area contributed by atoms with Crippen LogP contribution in [0.5, 0.6) is 0 Å². The summed E-state index contributed by atoms with van der Waals surface area (Å²) in [6, 6.07) is 3.84. The fourth-order valence-corrected chi connectivity index (χ4v) is 3.75. The van der Waals surface area contributed by atoms with E-state index in [1.165, 1.54) is 0 Å². The van der Waals surface area contributed by atoms with Gasteiger partial charge >= 0.3 is 0 Å². The SMILES string of the molecule is CC(C)(c1nc(-c2ccc(Br)o2)cs1)N1CCNCC1. The lowest BCUT2D eigenvalue weighted by molar-refractivity contribution is 0.102. The van der Waals surface area contributed by atoms with Gasteiger partial charge in [0.05, 0.1) is 5.54 Å². The van der Waals surface area contributed by atoms with Crippen molar-refractivity contribution in [1.29, 1.82) is 0 Å². The molecule has 1 aliphatic rings. The molecule has 0 radical (unpaired) electrons. The fourth-order valence-electron chi connectivity index (χ4n) is 2.48. The highest BCUT2D eigenvalue weighted by atomic mass is 79.9. The van der Waals surface area contributed by atoms with Gasteiger partial charge in [-0.15, -0.1) is 11.3 Å². The van der Waals surface area contributed by atoms with Crippen LogP contribution in [-0.4, -0.2) is 36.1 Å². The molecule has 0 saturated carbocycles. The molecule has 0 spiro atoms. The topological polar surface area (TPSA) is 41.3 Å². The molecule has 1 N–H and O–H groups in total. The molecule has 0 aromatic carbocycles. The van der Waals surface area contributed by atoms with Gasteiger partial charge in [-0.25, -0.2) is 4.98 Å². The van der Waals surface area contributed by atoms with Crippen LogP contribution in [-0.2, 0) is 5.54 Å². The van der Waals surface area contributed by atoms with Crippen LogP contribution < -0.4 is 5.32 Å². The van der Waals surface area contributed by atoms with Gasteiger partial charge in [0.15, 0.2) is 10.4 Å². The predicted molar refractivity (Wildman–Crippen MR) is 85.0 cm³/mol. The van der Waals surface area contributed by atoms with E-state index in [1.807, 2.05) is 12.1 Å². The number of halogens is 1. The average Bonchev–Trinajstić information content (AvgIpc) is 3.08. The van der Waals surface area contributed by atoms with Crippen molar-refractivity contribution in [1.82, 2.24) is 15.2 Å². The molecule has 3 rings (SSSR count). The van der Waals surface area contributed by atoms with Gasteiger partial charge in [-0.1, -0.05) is 0 Å². The lowest BCUT2D eigenvalue weighted by atomic mass is 10.0. The summed E-state index contributed by atoms with van der Waals surface area (Å²) in [6.07, 6.45) is 0. The predicted octanol–water partition coefficient (Wildman–Crippen LogP) is 3.31. The second-order valence-corrected chi connectivity index (χ2v) is 7.08. The van der Waals surface area contributed by atoms with Crippen molar-refractivity contribution in [3.8, 4) is 11.5 Å². The molecule has 3 heterocycles. The minimum atomic E-state index is -0.0329. The number of nitrogens with one attached hydrogen (secondary N) is 1. The summed E-state index contributed by atoms with van der Waals surface area (Å²) < 4.78 is 6.32. The van der Waals surface area contributed by atoms with E-state index in [9.17, 15) is 0 Å². The Labute approximate surface area is 131 Å². The average molecular weight is 356 g/mol. The Morgan fingerprint density at radius 2 is 2.10 bits per heavy atom. The van der Waals surface area contributed by atoms with Crippen molar-refractivity contribution in [2.45, 2.75) is 19.4 Å². The molecule has 0 unspecified atom stereocenters. The molecule has 4 nitrogen and oxygen atoms in total. The number of nitrogens with zero attached hydrogens (tertiary/aromatic N) is 2. The second-order valence-electron chi connectivity index (χ2n) is 5.44. The highest BCUT2D eigenvalue weighted by Crippen LogP contribution is 2.34. The summed E-state index contributed by atoms with van der Waals surface area (Å²) in [6.45, 7) is 8.72. The Morgan fingerprint density at radius 3 is 2.75 bits per heavy atom. The van der Waals surface area contributed by atoms with Gasteiger partial charge in [-0.3, -0.25) is 4.90 Å². The second kappa shape index (κ2) is 5.60. The van der Waals surface area contributed by atoms with Gasteiger partial charge in [0.2, 0.25) is 0 Å². The van der Waals surface area contributed by atoms with Crippen molar-refractivity contribution in [2.75, 3.05) is 26.2 Å². The van der Waals surface area contributed by atoms with E-state index in [1.54, 1.807) is 11.3 Å². The van der Waals surface area contributed by atoms with Gasteiger partial charge in [0.25, 0.3) is 0 Å². The lowest BCUT2D eigenvalue weighted by Gasteiger charge is -2.39. The molecule has 2 aromatic heterocycles. The molecular formula is C14H18BrN3OS. The smallest absolute Gasteiger partial charge is 0.169 e. The van der Waals surface area contributed by atoms with Gasteiger partial charge < -0.3 is 9.73 Å². The van der Waals surface area contributed by atoms with E-state index in [4.69, 9.17) is 9.40 Å². The van der Waals surface area contributed by atoms with Gasteiger partial charge in [-0.05, 0) is 41.9 Å². The minimum Gasteiger partial charge on any atom is -0.448 e. The number of rotatable bonds is 3. The summed E-state index contributed by atoms with van der Waals surface area (Å²) in [4.78, 5) is 7.27. The van der Waals surface area contributed by atoms with Crippen molar-refractivity contribution < 1.29 is 4.42 Å². The van der Waals surface area contributed by atoms with Crippen LogP contribution in [0.25, 0.3) is 11.5 Å². The van der Waals surface area contributed by atoms with Crippen molar-refractivity contribution in [2.24, 2.45) is 0 Å². The zero-order valence-corrected chi connectivity index (χ0v) is 14.1. The molecule has 1 fully saturated rings. The first kappa shape index (κ1) is 14.3. The molecule has 0 bridgehead atoms. The van der Waals surface area contributed by atoms with Crippen LogP contribution in [0.3, 0.4) is 0 Å². The molecule has 0 atom stereocenters. The third kappa shape index (κ3) is 2.70. The molecule has 0 amide bonds. The first-order valence-corrected chi connectivity index (χ1v) is 8.42. The standard InChI is InChI=1S/C14H18BrN3OS/c1-14(2,18-7-5-16-6-8-18)13-17-10(9-20-13)11-3-4-12(15)19-11/h3-4,9,16H,5-8H2,1-2H3. The summed E-state index contributed by atoms with van der Waals surface area (Å²) in [5.74, 6) is 0.815. The maximum atomic E-state index is 5.58. The van der Waals surface area contributed by atoms with Crippen LogP contribution in [0, 0.1) is 0 Å². The number of furan rings is 1. The number of hydrogen-bond donors (Lipinski definition) is 1. The zero-order chi connectivity index (χ0) is 14.2. The monoisotopic (exact) mass is 355 g/mol. The summed E-state index contributed by atoms with van der Waals surface area (Å²) in [7, 11) is 0. The van der Waals surface area contributed by atoms with E-state index < -0.39 is 0 Å². The maximum Gasteiger partial charge on any atom is 0.169 e. The lowest BCUT2D eigenvalue weighted by Crippen LogP contribution is -2.51. The summed E-state index contributed by atoms with van der Waals surface area (Å²) in [5, 5.41) is 6.61. The highest BCUT2D eigenvalue weighted by Gasteiger charge is 2.32. The quantitative estimate of drug-likeness (QED) is 0.916. The Kier molecular flexibility index (Phi) is 3.99. The Balaban J connectivity index is 1.85. The Hall–Kier alpha value is -0.690. The molecule has 2 aromatic rings. The van der Waals surface area contributed by atoms with E-state index >= 15 is 0 Å². The number of piperazine rings is 1. The van der Waals surface area contributed by atoms with E-state index in [0.717, 1.165) is 47.3 Å². The Bertz CT molecular complexity index is 587. The number of aromatic nitrogens is 1. The maximum absolute atomic E-state index is 5.58. The fraction of sp³-hybridized carbons (Fsp3) is 0.500. The Morgan fingerprint density at radius 1 is 1.35 bits per heavy atom. The normalized spacial score (nSPS) is 17.6. The zero-order valence-electron chi connectivity index (χ0n) is 11.6. The van der Waals surface area contributed by atoms with E-state index in [0.29, 0.717) is 0 Å². The third-order valence-corrected chi connectivity index (χ3v) is 5.34. The number of hydrogen-bond acceptors (Lipinski definition) is 5. The molecule has 1 saturated heterocycles. The van der Waals surface area contributed by atoms with E-state index in [2.05, 4.69) is 45.4 Å². The summed E-state index contributed by atoms with van der Waals surface area (Å²) in [5.41, 5.74) is 0.883. The third-order valence-electron chi connectivity index (χ3n) is 3.76. The highest BCUT2D eigenvalue weighted by molar-refractivity contribution is 9.10. The van der Waals surface area contributed by atoms with Crippen LogP contribution in [0.15, 0.2) is 26.6 Å². The van der Waals surface area contributed by atoms with E-state index in [-0.39, 0.29) is 5.54 Å². The van der Waals surface area contributed by atoms with Gasteiger partial charge in [-0.2, -0.15) is 0 Å². The van der Waals surface area contributed by atoms with Crippen LogP contribution in [0.4, 0.5) is 0 Å². The largest absolute Gasteiger partial charge is 0.448 e. The molecule has 108 valence electrons.